The molecule has 0 aliphatic heterocycles. The quantitative estimate of drug-likeness (QED) is 0.255. The molecule has 1 unspecified atom stereocenters. The summed E-state index contributed by atoms with van der Waals surface area (Å²) in [5.74, 6) is 1.96. The second-order valence-corrected chi connectivity index (χ2v) is 5.90. The van der Waals surface area contributed by atoms with Crippen molar-refractivity contribution in [1.29, 1.82) is 0 Å². The summed E-state index contributed by atoms with van der Waals surface area (Å²) >= 11 is 0. The first kappa shape index (κ1) is 21.3. The van der Waals surface area contributed by atoms with Gasteiger partial charge in [0.15, 0.2) is 0 Å². The largest absolute Gasteiger partial charge is 0.673 e. The number of benzene rings is 1. The third kappa shape index (κ3) is 6.61. The number of rotatable bonds is 5. The number of hydrogen-bond acceptors (Lipinski definition) is 3. The van der Waals surface area contributed by atoms with Crippen LogP contribution >= 0.6 is 0 Å². The van der Waals surface area contributed by atoms with Gasteiger partial charge in [-0.1, -0.05) is 17.3 Å². The predicted molar refractivity (Wildman–Crippen MR) is 103 cm³/mol. The van der Waals surface area contributed by atoms with Crippen molar-refractivity contribution >= 4 is 7.25 Å². The number of fused-ring (bicyclic) bond motifs is 1. The van der Waals surface area contributed by atoms with Gasteiger partial charge in [0.25, 0.3) is 0 Å². The van der Waals surface area contributed by atoms with Gasteiger partial charge in [0.05, 0.1) is 24.2 Å². The topological polar surface area (TPSA) is 38.7 Å². The van der Waals surface area contributed by atoms with Crippen LogP contribution in [0.2, 0.25) is 0 Å². The Morgan fingerprint density at radius 2 is 1.79 bits per heavy atom. The molecule has 3 nitrogen and oxygen atoms in total. The molecule has 0 N–H and O–H groups in total. The molecule has 28 heavy (non-hydrogen) atoms. The van der Waals surface area contributed by atoms with E-state index in [9.17, 15) is 22.2 Å². The average Bonchev–Trinajstić information content (AvgIpc) is 2.68. The summed E-state index contributed by atoms with van der Waals surface area (Å²) < 4.78 is 44.1. The lowest BCUT2D eigenvalue weighted by atomic mass is 9.83. The Kier molecular flexibility index (Phi) is 7.43. The maximum atomic E-state index is 11.2. The highest BCUT2D eigenvalue weighted by atomic mass is 19.5. The minimum absolute atomic E-state index is 0.389. The highest BCUT2D eigenvalue weighted by molar-refractivity contribution is 6.50. The molecule has 3 rings (SSSR count). The van der Waals surface area contributed by atoms with E-state index in [1.165, 1.54) is 11.5 Å². The number of hydrogen-bond donors (Lipinski definition) is 0. The molecule has 0 saturated heterocycles. The minimum atomic E-state index is -6.00. The van der Waals surface area contributed by atoms with E-state index in [1.54, 1.807) is 7.11 Å². The van der Waals surface area contributed by atoms with Crippen LogP contribution < -0.4 is 4.74 Å². The van der Waals surface area contributed by atoms with Gasteiger partial charge in [0.1, 0.15) is 11.8 Å². The molecule has 1 atom stereocenters. The lowest BCUT2D eigenvalue weighted by Crippen LogP contribution is -2.05. The molecule has 1 aromatic rings. The van der Waals surface area contributed by atoms with E-state index < -0.39 is 7.25 Å². The zero-order valence-electron chi connectivity index (χ0n) is 15.1. The van der Waals surface area contributed by atoms with Crippen molar-refractivity contribution in [2.24, 2.45) is 5.18 Å². The van der Waals surface area contributed by atoms with Crippen LogP contribution in [-0.4, -0.2) is 14.4 Å². The number of allylic oxidation sites excluding steroid dienone is 9. The van der Waals surface area contributed by atoms with Gasteiger partial charge < -0.3 is 22.0 Å². The van der Waals surface area contributed by atoms with Gasteiger partial charge in [-0.25, -0.2) is 0 Å². The Balaban J connectivity index is 0.000000500. The van der Waals surface area contributed by atoms with Crippen molar-refractivity contribution in [3.8, 4) is 5.75 Å². The van der Waals surface area contributed by atoms with E-state index in [-0.39, 0.29) is 6.04 Å². The smallest absolute Gasteiger partial charge is 0.497 e. The minimum Gasteiger partial charge on any atom is -0.497 e. The zero-order chi connectivity index (χ0) is 20.6. The van der Waals surface area contributed by atoms with Crippen molar-refractivity contribution in [2.45, 2.75) is 12.5 Å². The number of ether oxygens (including phenoxy) is 1. The van der Waals surface area contributed by atoms with E-state index in [2.05, 4.69) is 35.6 Å². The van der Waals surface area contributed by atoms with Gasteiger partial charge in [-0.2, -0.15) is 4.91 Å². The van der Waals surface area contributed by atoms with E-state index in [4.69, 9.17) is 4.74 Å². The Hall–Kier alpha value is -3.03. The molecule has 0 heterocycles. The summed E-state index contributed by atoms with van der Waals surface area (Å²) in [5.41, 5.74) is 3.23. The lowest BCUT2D eigenvalue weighted by molar-refractivity contribution is 0.368. The molecule has 1 aromatic carbocycles. The fourth-order valence-electron chi connectivity index (χ4n) is 2.73. The van der Waals surface area contributed by atoms with Crippen molar-refractivity contribution in [2.75, 3.05) is 7.11 Å². The van der Waals surface area contributed by atoms with Crippen molar-refractivity contribution in [1.82, 2.24) is 0 Å². The number of nitroso groups, excluding NO2 is 1. The van der Waals surface area contributed by atoms with Crippen LogP contribution in [0, 0.1) is 10.8 Å². The van der Waals surface area contributed by atoms with Crippen LogP contribution in [0.1, 0.15) is 18.0 Å². The number of halogens is 4. The third-order valence-electron chi connectivity index (χ3n) is 4.01. The Labute approximate surface area is 160 Å². The zero-order valence-corrected chi connectivity index (χ0v) is 15.1. The summed E-state index contributed by atoms with van der Waals surface area (Å²) in [5, 5.41) is 3.29. The highest BCUT2D eigenvalue weighted by Crippen LogP contribution is 2.34. The lowest BCUT2D eigenvalue weighted by Gasteiger charge is -2.15. The van der Waals surface area contributed by atoms with Gasteiger partial charge in [0, 0.05) is 30.7 Å². The first-order valence-electron chi connectivity index (χ1n) is 8.46. The normalized spacial score (nSPS) is 17.4. The summed E-state index contributed by atoms with van der Waals surface area (Å²) in [7, 11) is -4.38. The first-order valence-corrected chi connectivity index (χ1v) is 8.46. The van der Waals surface area contributed by atoms with Crippen LogP contribution in [0.3, 0.4) is 0 Å². The van der Waals surface area contributed by atoms with Gasteiger partial charge >= 0.3 is 7.25 Å². The molecule has 146 valence electrons. The molecular formula is C20H18BF4NO2. The van der Waals surface area contributed by atoms with Gasteiger partial charge in [-0.15, -0.1) is 0 Å². The van der Waals surface area contributed by atoms with Crippen LogP contribution in [0.4, 0.5) is 17.3 Å². The maximum Gasteiger partial charge on any atom is 0.673 e. The number of nitrogens with zero attached hydrogens (tertiary/aromatic N) is 1. The third-order valence-corrected chi connectivity index (χ3v) is 4.01. The summed E-state index contributed by atoms with van der Waals surface area (Å²) in [6, 6.07) is 7.10. The molecule has 0 bridgehead atoms. The Morgan fingerprint density at radius 3 is 2.39 bits per heavy atom. The van der Waals surface area contributed by atoms with Gasteiger partial charge in [0.2, 0.25) is 0 Å². The Morgan fingerprint density at radius 1 is 1.11 bits per heavy atom. The highest BCUT2D eigenvalue weighted by Gasteiger charge is 2.24. The van der Waals surface area contributed by atoms with Crippen LogP contribution in [0.15, 0.2) is 89.2 Å². The average molecular weight is 391 g/mol. The van der Waals surface area contributed by atoms with Crippen molar-refractivity contribution < 1.29 is 22.0 Å². The molecule has 0 saturated carbocycles. The maximum absolute atomic E-state index is 11.2. The number of methoxy groups -OCH3 is 1. The predicted octanol–water partition coefficient (Wildman–Crippen LogP) is 6.32. The van der Waals surface area contributed by atoms with Crippen molar-refractivity contribution in [3.05, 3.63) is 100 Å². The van der Waals surface area contributed by atoms with E-state index in [1.807, 2.05) is 42.5 Å². The SMILES string of the molecule is COc1ccc(C(C/C=C2\C=CC=C3C=CC=C[C+]32)N=O)cc1.F[B-](F)(F)F. The molecule has 2 aliphatic carbocycles. The first-order chi connectivity index (χ1) is 13.3. The monoisotopic (exact) mass is 391 g/mol. The van der Waals surface area contributed by atoms with Crippen molar-refractivity contribution in [3.63, 3.8) is 0 Å². The van der Waals surface area contributed by atoms with Gasteiger partial charge in [-0.05, 0) is 42.0 Å². The van der Waals surface area contributed by atoms with E-state index >= 15 is 0 Å². The second-order valence-electron chi connectivity index (χ2n) is 5.90. The van der Waals surface area contributed by atoms with Crippen LogP contribution in [0.5, 0.6) is 5.75 Å². The summed E-state index contributed by atoms with van der Waals surface area (Å²) in [4.78, 5) is 11.2. The fraction of sp³-hybridized carbons (Fsp3) is 0.150. The molecule has 2 aliphatic rings. The molecule has 0 radical (unpaired) electrons. The van der Waals surface area contributed by atoms with Crippen LogP contribution in [0.25, 0.3) is 0 Å². The standard InChI is InChI=1S/C20H18NO2.BF4/c1-23-18-12-9-17(10-13-18)20(21-22)14-11-16-7-4-6-15-5-2-3-8-19(15)16;2-1(3,4)5/h2-13,20H,14H2,1H3;/q+1;-1/b16-11+;. The summed E-state index contributed by atoms with van der Waals surface area (Å²) in [6.45, 7) is 0. The second kappa shape index (κ2) is 9.78. The molecule has 0 fully saturated rings. The molecule has 0 amide bonds. The summed E-state index contributed by atoms with van der Waals surface area (Å²) in [6.07, 6.45) is 17.1. The van der Waals surface area contributed by atoms with E-state index in [0.717, 1.165) is 16.9 Å². The van der Waals surface area contributed by atoms with Crippen LogP contribution in [-0.2, 0) is 0 Å². The van der Waals surface area contributed by atoms with E-state index in [0.29, 0.717) is 6.42 Å². The Bertz CT molecular complexity index is 818. The van der Waals surface area contributed by atoms with Gasteiger partial charge in [-0.3, -0.25) is 0 Å². The molecule has 0 spiro atoms. The molecule has 8 heteroatoms. The fourth-order valence-corrected chi connectivity index (χ4v) is 2.73. The molecule has 0 aromatic heterocycles. The molecular weight excluding hydrogens is 373 g/mol.